The molecule has 76 valence electrons. The van der Waals surface area contributed by atoms with Crippen molar-refractivity contribution in [2.45, 2.75) is 40.0 Å². The highest BCUT2D eigenvalue weighted by molar-refractivity contribution is 5.71. The molecule has 0 radical (unpaired) electrons. The third kappa shape index (κ3) is 7.57. The predicted molar refractivity (Wildman–Crippen MR) is 54.5 cm³/mol. The summed E-state index contributed by atoms with van der Waals surface area (Å²) in [6.07, 6.45) is 7.26. The summed E-state index contributed by atoms with van der Waals surface area (Å²) >= 11 is 0. The first-order chi connectivity index (χ1) is 6.18. The Kier molecular flexibility index (Phi) is 7.36. The van der Waals surface area contributed by atoms with E-state index in [1.807, 2.05) is 13.8 Å². The number of unbranched alkanes of at least 4 members (excludes halogenated alkanes) is 1. The van der Waals surface area contributed by atoms with Crippen LogP contribution >= 0.6 is 0 Å². The van der Waals surface area contributed by atoms with Crippen LogP contribution in [0, 0.1) is 5.92 Å². The molecular formula is C11H20O2. The molecular weight excluding hydrogens is 164 g/mol. The zero-order valence-corrected chi connectivity index (χ0v) is 8.88. The summed E-state index contributed by atoms with van der Waals surface area (Å²) < 4.78 is 5.01. The molecule has 0 spiro atoms. The second-order valence-corrected chi connectivity index (χ2v) is 3.34. The SMILES string of the molecule is CCC=CCCCOC(=O)C(C)C. The first-order valence-corrected chi connectivity index (χ1v) is 5.00. The average molecular weight is 184 g/mol. The smallest absolute Gasteiger partial charge is 0.308 e. The molecule has 0 aromatic carbocycles. The molecule has 0 rings (SSSR count). The molecule has 0 atom stereocenters. The number of hydrogen-bond donors (Lipinski definition) is 0. The van der Waals surface area contributed by atoms with E-state index in [0.29, 0.717) is 6.61 Å². The second kappa shape index (κ2) is 7.84. The summed E-state index contributed by atoms with van der Waals surface area (Å²) in [7, 11) is 0. The van der Waals surface area contributed by atoms with E-state index in [2.05, 4.69) is 19.1 Å². The molecule has 0 N–H and O–H groups in total. The standard InChI is InChI=1S/C11H20O2/c1-4-5-6-7-8-9-13-11(12)10(2)3/h5-6,10H,4,7-9H2,1-3H3. The van der Waals surface area contributed by atoms with Gasteiger partial charge in [-0.3, -0.25) is 4.79 Å². The Bertz CT molecular complexity index is 159. The Balaban J connectivity index is 3.26. The van der Waals surface area contributed by atoms with Gasteiger partial charge in [-0.2, -0.15) is 0 Å². The molecule has 0 fully saturated rings. The van der Waals surface area contributed by atoms with Gasteiger partial charge in [-0.15, -0.1) is 0 Å². The first-order valence-electron chi connectivity index (χ1n) is 5.00. The van der Waals surface area contributed by atoms with Crippen LogP contribution in [-0.2, 0) is 9.53 Å². The van der Waals surface area contributed by atoms with E-state index in [1.165, 1.54) is 0 Å². The number of rotatable bonds is 6. The Morgan fingerprint density at radius 2 is 2.08 bits per heavy atom. The maximum atomic E-state index is 11.0. The van der Waals surface area contributed by atoms with E-state index in [9.17, 15) is 4.79 Å². The lowest BCUT2D eigenvalue weighted by atomic mass is 10.2. The Morgan fingerprint density at radius 1 is 1.38 bits per heavy atom. The minimum absolute atomic E-state index is 0.00816. The van der Waals surface area contributed by atoms with Crippen molar-refractivity contribution in [3.63, 3.8) is 0 Å². The van der Waals surface area contributed by atoms with Crippen molar-refractivity contribution in [1.82, 2.24) is 0 Å². The summed E-state index contributed by atoms with van der Waals surface area (Å²) in [6.45, 7) is 6.35. The van der Waals surface area contributed by atoms with Gasteiger partial charge in [0.05, 0.1) is 12.5 Å². The highest BCUT2D eigenvalue weighted by Crippen LogP contribution is 1.98. The van der Waals surface area contributed by atoms with Gasteiger partial charge in [0.2, 0.25) is 0 Å². The van der Waals surface area contributed by atoms with Gasteiger partial charge in [0.15, 0.2) is 0 Å². The fourth-order valence-electron chi connectivity index (χ4n) is 0.825. The summed E-state index contributed by atoms with van der Waals surface area (Å²) in [6, 6.07) is 0. The monoisotopic (exact) mass is 184 g/mol. The van der Waals surface area contributed by atoms with Crippen molar-refractivity contribution in [1.29, 1.82) is 0 Å². The lowest BCUT2D eigenvalue weighted by molar-refractivity contribution is -0.147. The summed E-state index contributed by atoms with van der Waals surface area (Å²) in [5.74, 6) is -0.106. The highest BCUT2D eigenvalue weighted by atomic mass is 16.5. The third-order valence-electron chi connectivity index (χ3n) is 1.63. The van der Waals surface area contributed by atoms with Gasteiger partial charge in [0, 0.05) is 0 Å². The lowest BCUT2D eigenvalue weighted by Crippen LogP contribution is -2.12. The Labute approximate surface area is 81.0 Å². The Morgan fingerprint density at radius 3 is 2.62 bits per heavy atom. The lowest BCUT2D eigenvalue weighted by Gasteiger charge is -2.05. The molecule has 2 heteroatoms. The van der Waals surface area contributed by atoms with Crippen LogP contribution in [0.5, 0.6) is 0 Å². The quantitative estimate of drug-likeness (QED) is 0.360. The van der Waals surface area contributed by atoms with Crippen molar-refractivity contribution in [2.75, 3.05) is 6.61 Å². The largest absolute Gasteiger partial charge is 0.465 e. The topological polar surface area (TPSA) is 26.3 Å². The van der Waals surface area contributed by atoms with E-state index in [0.717, 1.165) is 19.3 Å². The maximum absolute atomic E-state index is 11.0. The highest BCUT2D eigenvalue weighted by Gasteiger charge is 2.06. The zero-order valence-electron chi connectivity index (χ0n) is 8.88. The van der Waals surface area contributed by atoms with E-state index in [-0.39, 0.29) is 11.9 Å². The van der Waals surface area contributed by atoms with Crippen LogP contribution in [0.15, 0.2) is 12.2 Å². The van der Waals surface area contributed by atoms with Gasteiger partial charge in [-0.25, -0.2) is 0 Å². The van der Waals surface area contributed by atoms with Gasteiger partial charge in [-0.05, 0) is 19.3 Å². The van der Waals surface area contributed by atoms with Crippen molar-refractivity contribution < 1.29 is 9.53 Å². The van der Waals surface area contributed by atoms with Crippen LogP contribution in [0.25, 0.3) is 0 Å². The van der Waals surface area contributed by atoms with Crippen LogP contribution in [0.3, 0.4) is 0 Å². The maximum Gasteiger partial charge on any atom is 0.308 e. The van der Waals surface area contributed by atoms with Gasteiger partial charge in [-0.1, -0.05) is 32.9 Å². The van der Waals surface area contributed by atoms with Gasteiger partial charge in [0.25, 0.3) is 0 Å². The summed E-state index contributed by atoms with van der Waals surface area (Å²) in [5.41, 5.74) is 0. The van der Waals surface area contributed by atoms with Crippen LogP contribution in [0.1, 0.15) is 40.0 Å². The molecule has 0 unspecified atom stereocenters. The van der Waals surface area contributed by atoms with Crippen molar-refractivity contribution >= 4 is 5.97 Å². The van der Waals surface area contributed by atoms with Gasteiger partial charge >= 0.3 is 5.97 Å². The van der Waals surface area contributed by atoms with Crippen LogP contribution in [0.2, 0.25) is 0 Å². The first kappa shape index (κ1) is 12.2. The molecule has 13 heavy (non-hydrogen) atoms. The third-order valence-corrected chi connectivity index (χ3v) is 1.63. The average Bonchev–Trinajstić information content (AvgIpc) is 2.10. The van der Waals surface area contributed by atoms with E-state index in [4.69, 9.17) is 4.74 Å². The molecule has 0 saturated carbocycles. The number of carbonyl (C=O) groups excluding carboxylic acids is 1. The van der Waals surface area contributed by atoms with Crippen molar-refractivity contribution in [3.8, 4) is 0 Å². The molecule has 0 bridgehead atoms. The second-order valence-electron chi connectivity index (χ2n) is 3.34. The number of ether oxygens (including phenoxy) is 1. The van der Waals surface area contributed by atoms with E-state index >= 15 is 0 Å². The van der Waals surface area contributed by atoms with E-state index in [1.54, 1.807) is 0 Å². The van der Waals surface area contributed by atoms with Crippen molar-refractivity contribution in [2.24, 2.45) is 5.92 Å². The minimum atomic E-state index is -0.0977. The number of esters is 1. The molecule has 2 nitrogen and oxygen atoms in total. The Hall–Kier alpha value is -0.790. The fourth-order valence-corrected chi connectivity index (χ4v) is 0.825. The summed E-state index contributed by atoms with van der Waals surface area (Å²) in [5, 5.41) is 0. The number of allylic oxidation sites excluding steroid dienone is 2. The zero-order chi connectivity index (χ0) is 10.1. The van der Waals surface area contributed by atoms with Crippen LogP contribution in [-0.4, -0.2) is 12.6 Å². The number of carbonyl (C=O) groups is 1. The molecule has 0 aromatic heterocycles. The molecule has 0 amide bonds. The molecule has 0 saturated heterocycles. The van der Waals surface area contributed by atoms with Crippen LogP contribution in [0.4, 0.5) is 0 Å². The van der Waals surface area contributed by atoms with Crippen LogP contribution < -0.4 is 0 Å². The summed E-state index contributed by atoms with van der Waals surface area (Å²) in [4.78, 5) is 11.0. The molecule has 0 aliphatic heterocycles. The molecule has 0 aliphatic rings. The molecule has 0 heterocycles. The van der Waals surface area contributed by atoms with Gasteiger partial charge in [0.1, 0.15) is 0 Å². The normalized spacial score (nSPS) is 11.1. The predicted octanol–water partition coefficient (Wildman–Crippen LogP) is 2.93. The van der Waals surface area contributed by atoms with E-state index < -0.39 is 0 Å². The molecule has 0 aromatic rings. The minimum Gasteiger partial charge on any atom is -0.465 e. The van der Waals surface area contributed by atoms with Crippen molar-refractivity contribution in [3.05, 3.63) is 12.2 Å². The van der Waals surface area contributed by atoms with Gasteiger partial charge < -0.3 is 4.74 Å². The molecule has 0 aliphatic carbocycles. The number of hydrogen-bond acceptors (Lipinski definition) is 2. The fraction of sp³-hybridized carbons (Fsp3) is 0.727.